The molecule has 6 nitrogen and oxygen atoms in total. The van der Waals surface area contributed by atoms with Crippen LogP contribution in [-0.2, 0) is 34.3 Å². The van der Waals surface area contributed by atoms with Gasteiger partial charge in [0.05, 0.1) is 12.5 Å². The number of amidine groups is 1. The zero-order valence-electron chi connectivity index (χ0n) is 28.0. The Morgan fingerprint density at radius 3 is 2.11 bits per heavy atom. The molecule has 0 aliphatic heterocycles. The molecule has 0 saturated heterocycles. The minimum atomic E-state index is -0.894. The second kappa shape index (κ2) is 17.4. The maximum Gasteiger partial charge on any atom is 0.307 e. The zero-order valence-corrected chi connectivity index (χ0v) is 28.0. The third-order valence-corrected chi connectivity index (χ3v) is 7.38. The number of aryl methyl sites for hydroxylation is 2. The summed E-state index contributed by atoms with van der Waals surface area (Å²) in [7, 11) is 0. The van der Waals surface area contributed by atoms with Crippen LogP contribution in [0.5, 0.6) is 5.75 Å². The molecule has 0 aromatic heterocycles. The summed E-state index contributed by atoms with van der Waals surface area (Å²) < 4.78 is 5.78. The lowest BCUT2D eigenvalue weighted by atomic mass is 9.86. The summed E-state index contributed by atoms with van der Waals surface area (Å²) in [6, 6.07) is 22.7. The molecular weight excluding hydrogens is 548 g/mol. The van der Waals surface area contributed by atoms with Gasteiger partial charge in [-0.25, -0.2) is 0 Å². The molecule has 0 spiro atoms. The summed E-state index contributed by atoms with van der Waals surface area (Å²) in [4.78, 5) is 24.8. The number of rotatable bonds is 12. The van der Waals surface area contributed by atoms with E-state index >= 15 is 0 Å². The number of carbonyl (C=O) groups excluding carboxylic acids is 1. The summed E-state index contributed by atoms with van der Waals surface area (Å²) in [6.45, 7) is 17.0. The maximum absolute atomic E-state index is 11.9. The summed E-state index contributed by atoms with van der Waals surface area (Å²) in [5.74, 6) is 0.0636. The number of amides is 1. The van der Waals surface area contributed by atoms with E-state index in [0.29, 0.717) is 36.5 Å². The number of carboxylic acid groups (broad SMARTS) is 1. The highest BCUT2D eigenvalue weighted by atomic mass is 16.5. The minimum absolute atomic E-state index is 0.0124. The number of aliphatic carboxylic acids is 1. The minimum Gasteiger partial charge on any atom is -0.491 e. The Hall–Kier alpha value is -3.93. The van der Waals surface area contributed by atoms with E-state index in [9.17, 15) is 14.7 Å². The molecule has 3 aromatic rings. The van der Waals surface area contributed by atoms with Gasteiger partial charge in [-0.05, 0) is 85.4 Å². The van der Waals surface area contributed by atoms with E-state index in [1.807, 2.05) is 58.0 Å². The van der Waals surface area contributed by atoms with Gasteiger partial charge in [-0.1, -0.05) is 89.2 Å². The molecule has 3 rings (SSSR count). The van der Waals surface area contributed by atoms with Crippen molar-refractivity contribution in [3.05, 3.63) is 89.0 Å². The van der Waals surface area contributed by atoms with Gasteiger partial charge in [0.15, 0.2) is 0 Å². The van der Waals surface area contributed by atoms with E-state index in [1.165, 1.54) is 11.1 Å². The van der Waals surface area contributed by atoms with E-state index in [-0.39, 0.29) is 23.8 Å². The number of nitrogens with zero attached hydrogens (tertiary/aromatic N) is 1. The highest BCUT2D eigenvalue weighted by Crippen LogP contribution is 2.29. The van der Waals surface area contributed by atoms with Crippen molar-refractivity contribution in [2.75, 3.05) is 6.54 Å². The molecule has 238 valence electrons. The van der Waals surface area contributed by atoms with E-state index in [4.69, 9.17) is 10.1 Å². The molecule has 0 bridgehead atoms. The van der Waals surface area contributed by atoms with E-state index < -0.39 is 5.97 Å². The molecule has 2 N–H and O–H groups in total. The summed E-state index contributed by atoms with van der Waals surface area (Å²) in [6.07, 6.45) is 3.53. The lowest BCUT2D eigenvalue weighted by Gasteiger charge is -2.21. The molecule has 0 radical (unpaired) electrons. The molecule has 0 unspecified atom stereocenters. The lowest BCUT2D eigenvalue weighted by molar-refractivity contribution is -0.136. The first kappa shape index (κ1) is 36.3. The summed E-state index contributed by atoms with van der Waals surface area (Å²) in [5.41, 5.74) is 6.87. The number of carboxylic acids is 1. The SMILES string of the molecule is CCC(=O)N(CC)C(=N)CCCc1cccc(-c2ccc(OC(C)C)c(CC(=O)O)c2)c1.CCc1ccc(C(C)(C)C)cc1. The summed E-state index contributed by atoms with van der Waals surface area (Å²) >= 11 is 0. The first-order chi connectivity index (χ1) is 20.8. The normalized spacial score (nSPS) is 11.0. The fourth-order valence-electron chi connectivity index (χ4n) is 4.88. The van der Waals surface area contributed by atoms with E-state index in [0.717, 1.165) is 36.0 Å². The van der Waals surface area contributed by atoms with Crippen LogP contribution >= 0.6 is 0 Å². The van der Waals surface area contributed by atoms with Crippen molar-refractivity contribution >= 4 is 17.7 Å². The van der Waals surface area contributed by atoms with E-state index in [2.05, 4.69) is 64.1 Å². The molecular formula is C38H52N2O4. The van der Waals surface area contributed by atoms with E-state index in [1.54, 1.807) is 4.90 Å². The van der Waals surface area contributed by atoms with Gasteiger partial charge in [0.2, 0.25) is 5.91 Å². The van der Waals surface area contributed by atoms with Crippen LogP contribution in [0.4, 0.5) is 0 Å². The third kappa shape index (κ3) is 11.6. The van der Waals surface area contributed by atoms with Gasteiger partial charge in [-0.3, -0.25) is 15.0 Å². The predicted molar refractivity (Wildman–Crippen MR) is 182 cm³/mol. The molecule has 0 aliphatic rings. The Labute approximate surface area is 265 Å². The van der Waals surface area contributed by atoms with Crippen molar-refractivity contribution in [3.8, 4) is 16.9 Å². The van der Waals surface area contributed by atoms with Gasteiger partial charge in [0, 0.05) is 24.9 Å². The first-order valence-corrected chi connectivity index (χ1v) is 15.9. The lowest BCUT2D eigenvalue weighted by Crippen LogP contribution is -2.35. The number of benzene rings is 3. The van der Waals surface area contributed by atoms with Crippen LogP contribution in [0.25, 0.3) is 11.1 Å². The van der Waals surface area contributed by atoms with Gasteiger partial charge in [-0.2, -0.15) is 0 Å². The quantitative estimate of drug-likeness (QED) is 0.160. The van der Waals surface area contributed by atoms with Crippen LogP contribution < -0.4 is 4.74 Å². The fraction of sp³-hybridized carbons (Fsp3) is 0.447. The number of hydrogen-bond acceptors (Lipinski definition) is 4. The largest absolute Gasteiger partial charge is 0.491 e. The Morgan fingerprint density at radius 1 is 0.909 bits per heavy atom. The zero-order chi connectivity index (χ0) is 32.9. The average molecular weight is 601 g/mol. The Morgan fingerprint density at radius 2 is 1.57 bits per heavy atom. The molecule has 6 heteroatoms. The third-order valence-electron chi connectivity index (χ3n) is 7.38. The van der Waals surface area contributed by atoms with Crippen LogP contribution in [0.15, 0.2) is 66.7 Å². The highest BCUT2D eigenvalue weighted by Gasteiger charge is 2.15. The average Bonchev–Trinajstić information content (AvgIpc) is 2.98. The van der Waals surface area contributed by atoms with Gasteiger partial charge in [-0.15, -0.1) is 0 Å². The smallest absolute Gasteiger partial charge is 0.307 e. The molecule has 44 heavy (non-hydrogen) atoms. The maximum atomic E-state index is 11.9. The molecule has 1 amide bonds. The van der Waals surface area contributed by atoms with Crippen molar-refractivity contribution in [3.63, 3.8) is 0 Å². The molecule has 0 heterocycles. The van der Waals surface area contributed by atoms with Crippen molar-refractivity contribution in [1.82, 2.24) is 4.90 Å². The Bertz CT molecular complexity index is 1370. The van der Waals surface area contributed by atoms with Crippen LogP contribution in [0.3, 0.4) is 0 Å². The molecule has 0 atom stereocenters. The number of hydrogen-bond donors (Lipinski definition) is 2. The molecule has 0 aliphatic carbocycles. The highest BCUT2D eigenvalue weighted by molar-refractivity contribution is 5.96. The van der Waals surface area contributed by atoms with Crippen molar-refractivity contribution < 1.29 is 19.4 Å². The Balaban J connectivity index is 0.000000469. The molecule has 3 aromatic carbocycles. The molecule has 0 fully saturated rings. The van der Waals surface area contributed by atoms with Crippen LogP contribution in [-0.4, -0.2) is 40.4 Å². The standard InChI is InChI=1S/C26H34N2O4.C12H18/c1-5-25(29)28(6-2)24(27)12-8-10-19-9-7-11-20(15-19)21-13-14-23(32-18(3)4)22(16-21)17-26(30)31;1-5-10-6-8-11(9-7-10)12(2,3)4/h7,9,11,13-16,18,27H,5-6,8,10,12,17H2,1-4H3,(H,30,31);6-9H,5H2,1-4H3. The van der Waals surface area contributed by atoms with Gasteiger partial charge in [0.1, 0.15) is 11.6 Å². The van der Waals surface area contributed by atoms with Crippen LogP contribution in [0.1, 0.15) is 96.9 Å². The number of ether oxygens (including phenoxy) is 1. The fourth-order valence-corrected chi connectivity index (χ4v) is 4.88. The second-order valence-corrected chi connectivity index (χ2v) is 12.4. The van der Waals surface area contributed by atoms with Crippen molar-refractivity contribution in [2.45, 2.75) is 105 Å². The van der Waals surface area contributed by atoms with Crippen molar-refractivity contribution in [2.24, 2.45) is 0 Å². The van der Waals surface area contributed by atoms with Crippen LogP contribution in [0, 0.1) is 5.41 Å². The van der Waals surface area contributed by atoms with Gasteiger partial charge < -0.3 is 14.7 Å². The molecule has 0 saturated carbocycles. The topological polar surface area (TPSA) is 90.7 Å². The van der Waals surface area contributed by atoms with Gasteiger partial charge >= 0.3 is 5.97 Å². The summed E-state index contributed by atoms with van der Waals surface area (Å²) in [5, 5.41) is 17.5. The van der Waals surface area contributed by atoms with Crippen LogP contribution in [0.2, 0.25) is 0 Å². The first-order valence-electron chi connectivity index (χ1n) is 15.9. The number of carbonyl (C=O) groups is 2. The Kier molecular flexibility index (Phi) is 14.3. The second-order valence-electron chi connectivity index (χ2n) is 12.4. The monoisotopic (exact) mass is 600 g/mol. The van der Waals surface area contributed by atoms with Crippen molar-refractivity contribution in [1.29, 1.82) is 5.41 Å². The number of nitrogens with one attached hydrogen (secondary N) is 1. The van der Waals surface area contributed by atoms with Gasteiger partial charge in [0.25, 0.3) is 0 Å². The predicted octanol–water partition coefficient (Wildman–Crippen LogP) is 8.87.